The summed E-state index contributed by atoms with van der Waals surface area (Å²) in [4.78, 5) is 36.0. The lowest BCUT2D eigenvalue weighted by atomic mass is 10.2. The van der Waals surface area contributed by atoms with Crippen molar-refractivity contribution in [1.82, 2.24) is 5.43 Å². The first-order chi connectivity index (χ1) is 17.2. The van der Waals surface area contributed by atoms with E-state index in [1.807, 2.05) is 0 Å². The number of carbonyl (C=O) groups excluding carboxylic acids is 3. The van der Waals surface area contributed by atoms with Gasteiger partial charge in [0.25, 0.3) is 5.91 Å². The van der Waals surface area contributed by atoms with Crippen molar-refractivity contribution >= 4 is 58.5 Å². The molecule has 0 saturated heterocycles. The third-order valence-electron chi connectivity index (χ3n) is 4.42. The summed E-state index contributed by atoms with van der Waals surface area (Å²) in [5.41, 5.74) is 3.31. The zero-order valence-electron chi connectivity index (χ0n) is 18.7. The highest BCUT2D eigenvalue weighted by atomic mass is 35.5. The Bertz CT molecular complexity index is 1320. The maximum Gasteiger partial charge on any atom is 0.329 e. The van der Waals surface area contributed by atoms with E-state index in [2.05, 4.69) is 21.2 Å². The van der Waals surface area contributed by atoms with Crippen molar-refractivity contribution in [3.63, 3.8) is 0 Å². The van der Waals surface area contributed by atoms with Crippen LogP contribution in [0.4, 0.5) is 15.8 Å². The molecule has 0 radical (unpaired) electrons. The molecule has 0 saturated carbocycles. The quantitative estimate of drug-likeness (QED) is 0.227. The number of nitrogens with zero attached hydrogens (tertiary/aromatic N) is 1. The van der Waals surface area contributed by atoms with Crippen LogP contribution < -0.4 is 25.5 Å². The summed E-state index contributed by atoms with van der Waals surface area (Å²) in [5, 5.41) is 8.98. The summed E-state index contributed by atoms with van der Waals surface area (Å²) in [7, 11) is 1.41. The second-order valence-corrected chi connectivity index (χ2v) is 7.88. The third-order valence-corrected chi connectivity index (χ3v) is 4.94. The molecule has 3 amide bonds. The van der Waals surface area contributed by atoms with Crippen LogP contribution in [0.2, 0.25) is 10.0 Å². The van der Waals surface area contributed by atoms with Crippen LogP contribution in [0.15, 0.2) is 65.8 Å². The predicted octanol–water partition coefficient (Wildman–Crippen LogP) is 4.25. The minimum atomic E-state index is -0.980. The Kier molecular flexibility index (Phi) is 9.20. The topological polar surface area (TPSA) is 118 Å². The predicted molar refractivity (Wildman–Crippen MR) is 134 cm³/mol. The number of halogens is 3. The fourth-order valence-corrected chi connectivity index (χ4v) is 3.14. The molecule has 0 aromatic heterocycles. The molecule has 12 heteroatoms. The summed E-state index contributed by atoms with van der Waals surface area (Å²) in [6.45, 7) is -0.351. The second kappa shape index (κ2) is 12.5. The van der Waals surface area contributed by atoms with Gasteiger partial charge in [-0.25, -0.2) is 9.82 Å². The standard InChI is InChI=1S/C24H19Cl2FN4O5/c1-35-21-9-14(12-28-31-24(34)23(33)30-16-4-2-3-15(25)10-16)5-8-20(21)36-13-22(32)29-17-6-7-19(27)18(26)11-17/h2-12H,13H2,1H3,(H,29,32)(H,30,33)(H,31,34)/b28-12-. The SMILES string of the molecule is COc1cc(/C=N\NC(=O)C(=O)Nc2cccc(Cl)c2)ccc1OCC(=O)Nc1ccc(F)c(Cl)c1. The molecule has 3 N–H and O–H groups in total. The number of carbonyl (C=O) groups is 3. The molecule has 0 aliphatic rings. The Hall–Kier alpha value is -4.15. The fourth-order valence-electron chi connectivity index (χ4n) is 2.77. The van der Waals surface area contributed by atoms with E-state index in [4.69, 9.17) is 32.7 Å². The minimum absolute atomic E-state index is 0.120. The van der Waals surface area contributed by atoms with Gasteiger partial charge in [-0.05, 0) is 60.2 Å². The van der Waals surface area contributed by atoms with Gasteiger partial charge in [0.15, 0.2) is 18.1 Å². The number of anilines is 2. The summed E-state index contributed by atoms with van der Waals surface area (Å²) in [6, 6.07) is 14.8. The van der Waals surface area contributed by atoms with E-state index in [1.165, 1.54) is 37.6 Å². The van der Waals surface area contributed by atoms with Crippen molar-refractivity contribution < 1.29 is 28.2 Å². The van der Waals surface area contributed by atoms with Gasteiger partial charge in [0.2, 0.25) is 0 Å². The van der Waals surface area contributed by atoms with Crippen LogP contribution in [0.1, 0.15) is 5.56 Å². The van der Waals surface area contributed by atoms with Gasteiger partial charge in [0.05, 0.1) is 18.3 Å². The number of hydrazone groups is 1. The number of amides is 3. The van der Waals surface area contributed by atoms with Crippen molar-refractivity contribution in [2.24, 2.45) is 5.10 Å². The summed E-state index contributed by atoms with van der Waals surface area (Å²) in [5.74, 6) is -2.43. The van der Waals surface area contributed by atoms with Gasteiger partial charge < -0.3 is 20.1 Å². The van der Waals surface area contributed by atoms with E-state index in [1.54, 1.807) is 30.3 Å². The molecule has 9 nitrogen and oxygen atoms in total. The van der Waals surface area contributed by atoms with Crippen LogP contribution in [0.3, 0.4) is 0 Å². The van der Waals surface area contributed by atoms with Gasteiger partial charge in [-0.15, -0.1) is 0 Å². The number of methoxy groups -OCH3 is 1. The molecule has 0 aliphatic carbocycles. The monoisotopic (exact) mass is 532 g/mol. The average molecular weight is 533 g/mol. The first-order valence-electron chi connectivity index (χ1n) is 10.2. The largest absolute Gasteiger partial charge is 0.493 e. The maximum atomic E-state index is 13.2. The third kappa shape index (κ3) is 7.69. The molecule has 0 heterocycles. The maximum absolute atomic E-state index is 13.2. The normalized spacial score (nSPS) is 10.6. The van der Waals surface area contributed by atoms with E-state index >= 15 is 0 Å². The number of hydrogen-bond acceptors (Lipinski definition) is 6. The Balaban J connectivity index is 1.53. The second-order valence-electron chi connectivity index (χ2n) is 7.04. The highest BCUT2D eigenvalue weighted by Gasteiger charge is 2.13. The highest BCUT2D eigenvalue weighted by molar-refractivity contribution is 6.39. The van der Waals surface area contributed by atoms with E-state index in [0.717, 1.165) is 6.07 Å². The highest BCUT2D eigenvalue weighted by Crippen LogP contribution is 2.27. The Morgan fingerprint density at radius 1 is 0.944 bits per heavy atom. The van der Waals surface area contributed by atoms with Crippen LogP contribution in [0, 0.1) is 5.82 Å². The Morgan fingerprint density at radius 3 is 2.44 bits per heavy atom. The first-order valence-corrected chi connectivity index (χ1v) is 11.0. The van der Waals surface area contributed by atoms with Crippen LogP contribution in [-0.4, -0.2) is 37.7 Å². The molecule has 3 rings (SSSR count). The van der Waals surface area contributed by atoms with Crippen LogP contribution >= 0.6 is 23.2 Å². The lowest BCUT2D eigenvalue weighted by molar-refractivity contribution is -0.136. The first kappa shape index (κ1) is 26.5. The van der Waals surface area contributed by atoms with E-state index in [0.29, 0.717) is 27.7 Å². The summed E-state index contributed by atoms with van der Waals surface area (Å²) < 4.78 is 24.0. The summed E-state index contributed by atoms with van der Waals surface area (Å²) in [6.07, 6.45) is 1.29. The molecule has 3 aromatic carbocycles. The van der Waals surface area contributed by atoms with Gasteiger partial charge in [-0.3, -0.25) is 14.4 Å². The van der Waals surface area contributed by atoms with E-state index in [9.17, 15) is 18.8 Å². The zero-order chi connectivity index (χ0) is 26.1. The van der Waals surface area contributed by atoms with Gasteiger partial charge in [-0.2, -0.15) is 5.10 Å². The smallest absolute Gasteiger partial charge is 0.329 e. The summed E-state index contributed by atoms with van der Waals surface area (Å²) >= 11 is 11.5. The average Bonchev–Trinajstić information content (AvgIpc) is 2.85. The fraction of sp³-hybridized carbons (Fsp3) is 0.0833. The van der Waals surface area contributed by atoms with E-state index < -0.39 is 23.5 Å². The zero-order valence-corrected chi connectivity index (χ0v) is 20.2. The van der Waals surface area contributed by atoms with E-state index in [-0.39, 0.29) is 17.4 Å². The molecule has 3 aromatic rings. The number of nitrogens with one attached hydrogen (secondary N) is 3. The Morgan fingerprint density at radius 2 is 1.72 bits per heavy atom. The van der Waals surface area contributed by atoms with Crippen molar-refractivity contribution in [2.45, 2.75) is 0 Å². The Labute approximate surface area is 215 Å². The van der Waals surface area contributed by atoms with Gasteiger partial charge in [0.1, 0.15) is 5.82 Å². The van der Waals surface area contributed by atoms with Crippen LogP contribution in [0.25, 0.3) is 0 Å². The molecule has 0 aliphatic heterocycles. The lowest BCUT2D eigenvalue weighted by Crippen LogP contribution is -2.32. The molecular weight excluding hydrogens is 514 g/mol. The van der Waals surface area contributed by atoms with Gasteiger partial charge in [-0.1, -0.05) is 29.3 Å². The van der Waals surface area contributed by atoms with Crippen LogP contribution in [-0.2, 0) is 14.4 Å². The molecule has 0 spiro atoms. The van der Waals surface area contributed by atoms with Gasteiger partial charge in [0, 0.05) is 16.4 Å². The molecule has 0 atom stereocenters. The number of ether oxygens (including phenoxy) is 2. The minimum Gasteiger partial charge on any atom is -0.493 e. The molecule has 0 bridgehead atoms. The molecule has 0 fully saturated rings. The van der Waals surface area contributed by atoms with Crippen molar-refractivity contribution in [1.29, 1.82) is 0 Å². The molecule has 36 heavy (non-hydrogen) atoms. The van der Waals surface area contributed by atoms with Crippen LogP contribution in [0.5, 0.6) is 11.5 Å². The van der Waals surface area contributed by atoms with Crippen molar-refractivity contribution in [3.8, 4) is 11.5 Å². The molecular formula is C24H19Cl2FN4O5. The molecule has 186 valence electrons. The number of rotatable bonds is 8. The molecule has 0 unspecified atom stereocenters. The van der Waals surface area contributed by atoms with Gasteiger partial charge >= 0.3 is 11.8 Å². The number of benzene rings is 3. The lowest BCUT2D eigenvalue weighted by Gasteiger charge is -2.11. The van der Waals surface area contributed by atoms with Crippen molar-refractivity contribution in [2.75, 3.05) is 24.4 Å². The number of hydrogen-bond donors (Lipinski definition) is 3. The van der Waals surface area contributed by atoms with Crippen molar-refractivity contribution in [3.05, 3.63) is 82.1 Å².